The highest BCUT2D eigenvalue weighted by atomic mass is 15.1. The molecule has 1 N–H and O–H groups in total. The molecule has 0 amide bonds. The fourth-order valence-electron chi connectivity index (χ4n) is 4.11. The Morgan fingerprint density at radius 1 is 0.879 bits per heavy atom. The Labute approximate surface area is 192 Å². The molecule has 0 spiro atoms. The molecule has 3 aromatic carbocycles. The van der Waals surface area contributed by atoms with E-state index in [1.807, 2.05) is 74.6 Å². The van der Waals surface area contributed by atoms with Crippen molar-refractivity contribution in [3.05, 3.63) is 84.1 Å². The maximum absolute atomic E-state index is 9.43. The van der Waals surface area contributed by atoms with Crippen LogP contribution >= 0.6 is 0 Å². The number of nitriles is 2. The summed E-state index contributed by atoms with van der Waals surface area (Å²) in [5.74, 6) is 0. The van der Waals surface area contributed by atoms with Crippen molar-refractivity contribution in [2.45, 2.75) is 25.7 Å². The first-order valence-electron chi connectivity index (χ1n) is 10.8. The Balaban J connectivity index is 1.64. The lowest BCUT2D eigenvalue weighted by molar-refractivity contribution is 0.687. The molecule has 5 aromatic rings. The molecule has 0 fully saturated rings. The summed E-state index contributed by atoms with van der Waals surface area (Å²) in [7, 11) is 0. The summed E-state index contributed by atoms with van der Waals surface area (Å²) in [5, 5.41) is 28.1. The van der Waals surface area contributed by atoms with Gasteiger partial charge in [0.05, 0.1) is 41.2 Å². The van der Waals surface area contributed by atoms with Crippen molar-refractivity contribution >= 4 is 21.8 Å². The third-order valence-electron chi connectivity index (χ3n) is 6.12. The summed E-state index contributed by atoms with van der Waals surface area (Å²) in [4.78, 5) is 4.60. The minimum atomic E-state index is -0.541. The summed E-state index contributed by atoms with van der Waals surface area (Å²) in [6.45, 7) is 3.83. The van der Waals surface area contributed by atoms with E-state index in [-0.39, 0.29) is 0 Å². The first-order chi connectivity index (χ1) is 16.0. The van der Waals surface area contributed by atoms with E-state index in [0.717, 1.165) is 55.3 Å². The van der Waals surface area contributed by atoms with Crippen LogP contribution in [-0.4, -0.2) is 15.2 Å². The van der Waals surface area contributed by atoms with Crippen LogP contribution in [0.2, 0.25) is 0 Å². The van der Waals surface area contributed by atoms with E-state index in [4.69, 9.17) is 5.26 Å². The Morgan fingerprint density at radius 2 is 1.58 bits per heavy atom. The van der Waals surface area contributed by atoms with Crippen LogP contribution in [0.5, 0.6) is 0 Å². The van der Waals surface area contributed by atoms with Crippen molar-refractivity contribution < 1.29 is 0 Å². The van der Waals surface area contributed by atoms with E-state index >= 15 is 0 Å². The van der Waals surface area contributed by atoms with Crippen molar-refractivity contribution in [1.82, 2.24) is 15.2 Å². The van der Waals surface area contributed by atoms with Crippen LogP contribution in [0, 0.1) is 22.7 Å². The van der Waals surface area contributed by atoms with Gasteiger partial charge in [-0.3, -0.25) is 10.1 Å². The smallest absolute Gasteiger partial charge is 0.101 e. The molecule has 2 heterocycles. The first kappa shape index (κ1) is 20.4. The van der Waals surface area contributed by atoms with Gasteiger partial charge in [-0.25, -0.2) is 0 Å². The van der Waals surface area contributed by atoms with Crippen molar-refractivity contribution in [3.63, 3.8) is 0 Å². The zero-order valence-electron chi connectivity index (χ0n) is 18.4. The molecular formula is C28H21N5. The number of pyridine rings is 1. The molecule has 2 aromatic heterocycles. The maximum Gasteiger partial charge on any atom is 0.101 e. The quantitative estimate of drug-likeness (QED) is 0.364. The molecule has 33 heavy (non-hydrogen) atoms. The zero-order valence-corrected chi connectivity index (χ0v) is 18.4. The molecule has 0 saturated carbocycles. The number of nitrogens with one attached hydrogen (secondary N) is 1. The summed E-state index contributed by atoms with van der Waals surface area (Å²) < 4.78 is 0. The zero-order chi connectivity index (χ0) is 23.0. The Bertz CT molecular complexity index is 1560. The average molecular weight is 428 g/mol. The molecule has 0 aliphatic rings. The van der Waals surface area contributed by atoms with Gasteiger partial charge in [-0.15, -0.1) is 0 Å². The molecule has 158 valence electrons. The van der Waals surface area contributed by atoms with Crippen molar-refractivity contribution in [1.29, 1.82) is 10.5 Å². The van der Waals surface area contributed by atoms with Crippen LogP contribution < -0.4 is 0 Å². The van der Waals surface area contributed by atoms with Gasteiger partial charge in [0.25, 0.3) is 0 Å². The number of H-pyrrole nitrogens is 1. The fraction of sp³-hybridized carbons (Fsp3) is 0.143. The van der Waals surface area contributed by atoms with Gasteiger partial charge in [-0.2, -0.15) is 15.6 Å². The second-order valence-electron chi connectivity index (χ2n) is 8.70. The van der Waals surface area contributed by atoms with Crippen LogP contribution in [-0.2, 0) is 11.8 Å². The van der Waals surface area contributed by atoms with Gasteiger partial charge in [0.2, 0.25) is 0 Å². The van der Waals surface area contributed by atoms with Crippen LogP contribution in [0.25, 0.3) is 44.2 Å². The van der Waals surface area contributed by atoms with Gasteiger partial charge < -0.3 is 0 Å². The van der Waals surface area contributed by atoms with E-state index < -0.39 is 5.41 Å². The van der Waals surface area contributed by atoms with Crippen molar-refractivity contribution in [2.75, 3.05) is 0 Å². The highest BCUT2D eigenvalue weighted by Gasteiger charge is 2.20. The van der Waals surface area contributed by atoms with Crippen LogP contribution in [0.3, 0.4) is 0 Å². The molecule has 5 heteroatoms. The molecule has 0 bridgehead atoms. The lowest BCUT2D eigenvalue weighted by Crippen LogP contribution is -2.13. The summed E-state index contributed by atoms with van der Waals surface area (Å²) in [6, 6.07) is 26.9. The average Bonchev–Trinajstić information content (AvgIpc) is 3.29. The van der Waals surface area contributed by atoms with E-state index in [1.165, 1.54) is 0 Å². The Morgan fingerprint density at radius 3 is 2.27 bits per heavy atom. The lowest BCUT2D eigenvalue weighted by atomic mass is 9.86. The van der Waals surface area contributed by atoms with Crippen molar-refractivity contribution in [2.24, 2.45) is 0 Å². The first-order valence-corrected chi connectivity index (χ1v) is 10.8. The molecule has 5 nitrogen and oxygen atoms in total. The number of fused-ring (bicyclic) bond motifs is 3. The summed E-state index contributed by atoms with van der Waals surface area (Å²) in [6.07, 6.45) is 2.23. The number of aromatic amines is 1. The third kappa shape index (κ3) is 3.60. The number of hydrogen-bond acceptors (Lipinski definition) is 4. The highest BCUT2D eigenvalue weighted by Crippen LogP contribution is 2.35. The number of benzene rings is 3. The molecule has 0 unspecified atom stereocenters. The van der Waals surface area contributed by atoms with Gasteiger partial charge in [-0.1, -0.05) is 54.6 Å². The van der Waals surface area contributed by atoms with Crippen LogP contribution in [0.4, 0.5) is 0 Å². The Kier molecular flexibility index (Phi) is 4.89. The number of nitrogens with zero attached hydrogens (tertiary/aromatic N) is 4. The molecule has 0 aliphatic heterocycles. The van der Waals surface area contributed by atoms with Crippen LogP contribution in [0.15, 0.2) is 72.9 Å². The van der Waals surface area contributed by atoms with E-state index in [2.05, 4.69) is 39.5 Å². The Hall–Kier alpha value is -4.48. The SMILES string of the molecule is CC(C)(C#N)c1ccc(-c2n[nH]c3cnc4ccc(-c5ccc(CC#N)cc5)cc4c23)cc1. The molecule has 0 saturated heterocycles. The largest absolute Gasteiger partial charge is 0.276 e. The predicted molar refractivity (Wildman–Crippen MR) is 130 cm³/mol. The molecule has 0 radical (unpaired) electrons. The topological polar surface area (TPSA) is 89.2 Å². The number of aromatic nitrogens is 3. The summed E-state index contributed by atoms with van der Waals surface area (Å²) in [5.41, 5.74) is 7.23. The molecule has 0 atom stereocenters. The third-order valence-corrected chi connectivity index (χ3v) is 6.12. The monoisotopic (exact) mass is 427 g/mol. The van der Waals surface area contributed by atoms with Gasteiger partial charge in [0.1, 0.15) is 5.69 Å². The fourth-order valence-corrected chi connectivity index (χ4v) is 4.11. The number of hydrogen-bond donors (Lipinski definition) is 1. The molecule has 0 aliphatic carbocycles. The van der Waals surface area contributed by atoms with Gasteiger partial charge >= 0.3 is 0 Å². The van der Waals surface area contributed by atoms with Crippen LogP contribution in [0.1, 0.15) is 25.0 Å². The van der Waals surface area contributed by atoms with E-state index in [9.17, 15) is 5.26 Å². The lowest BCUT2D eigenvalue weighted by Gasteiger charge is -2.15. The number of rotatable bonds is 4. The normalized spacial score (nSPS) is 11.4. The summed E-state index contributed by atoms with van der Waals surface area (Å²) >= 11 is 0. The predicted octanol–water partition coefficient (Wildman–Crippen LogP) is 6.31. The second-order valence-corrected chi connectivity index (χ2v) is 8.70. The second kappa shape index (κ2) is 7.89. The minimum absolute atomic E-state index is 0.408. The minimum Gasteiger partial charge on any atom is -0.276 e. The standard InChI is InChI=1S/C28H21N5/c1-28(2,17-30)22-10-7-20(8-11-22)27-26-23-15-21(19-5-3-18(4-6-19)13-14-29)9-12-24(23)31-16-25(26)32-33-27/h3-12,15-16H,13H2,1-2H3,(H,32,33). The molecular weight excluding hydrogens is 406 g/mol. The van der Waals surface area contributed by atoms with E-state index in [0.29, 0.717) is 6.42 Å². The molecule has 5 rings (SSSR count). The van der Waals surface area contributed by atoms with Crippen molar-refractivity contribution in [3.8, 4) is 34.5 Å². The maximum atomic E-state index is 9.43. The highest BCUT2D eigenvalue weighted by molar-refractivity contribution is 6.11. The van der Waals surface area contributed by atoms with Gasteiger partial charge in [0.15, 0.2) is 0 Å². The van der Waals surface area contributed by atoms with Gasteiger partial charge in [-0.05, 0) is 48.2 Å². The van der Waals surface area contributed by atoms with Gasteiger partial charge in [0, 0.05) is 16.3 Å². The van der Waals surface area contributed by atoms with E-state index in [1.54, 1.807) is 0 Å².